The van der Waals surface area contributed by atoms with Crippen molar-refractivity contribution >= 4 is 82.0 Å². The van der Waals surface area contributed by atoms with Crippen molar-refractivity contribution in [3.8, 4) is 94.1 Å². The maximum atomic E-state index is 11.2. The van der Waals surface area contributed by atoms with E-state index in [1.54, 1.807) is 143 Å². The summed E-state index contributed by atoms with van der Waals surface area (Å²) in [5, 5.41) is 66.7. The molecule has 0 spiro atoms. The number of aryl methyl sites for hydroxylation is 8. The first-order valence-corrected chi connectivity index (χ1v) is 40.1. The van der Waals surface area contributed by atoms with Gasteiger partial charge in [-0.1, -0.05) is 253 Å². The molecule has 124 heavy (non-hydrogen) atoms. The molecule has 2 heterocycles. The van der Waals surface area contributed by atoms with E-state index in [1.807, 2.05) is 221 Å². The maximum absolute atomic E-state index is 11.2. The van der Waals surface area contributed by atoms with Gasteiger partial charge in [0.15, 0.2) is 5.69 Å². The molecule has 0 aliphatic rings. The fourth-order valence-electron chi connectivity index (χ4n) is 12.7. The molecule has 0 unspecified atom stereocenters. The normalized spacial score (nSPS) is 10.2. The highest BCUT2D eigenvalue weighted by atomic mass is 35.5. The summed E-state index contributed by atoms with van der Waals surface area (Å²) in [6.45, 7) is 21.4. The molecule has 0 radical (unpaired) electrons. The fourth-order valence-corrected chi connectivity index (χ4v) is 14.0. The lowest BCUT2D eigenvalue weighted by molar-refractivity contribution is 0.0685. The Hall–Kier alpha value is -15.1. The summed E-state index contributed by atoms with van der Waals surface area (Å²) in [5.74, 6) is -5.58. The van der Waals surface area contributed by atoms with Crippen molar-refractivity contribution in [3.63, 3.8) is 0 Å². The van der Waals surface area contributed by atoms with Crippen LogP contribution in [-0.2, 0) is 0 Å². The number of benzene rings is 13. The van der Waals surface area contributed by atoms with Gasteiger partial charge in [-0.15, -0.1) is 11.3 Å². The minimum Gasteiger partial charge on any atom is -0.496 e. The number of carbonyl (C=O) groups is 7. The topological polar surface area (TPSA) is 288 Å². The second-order valence-electron chi connectivity index (χ2n) is 28.4. The zero-order chi connectivity index (χ0) is 89.8. The average Bonchev–Trinajstić information content (AvgIpc) is 1.08. The molecule has 13 aromatic carbocycles. The van der Waals surface area contributed by atoms with Crippen LogP contribution >= 0.6 is 34.5 Å². The van der Waals surface area contributed by atoms with Crippen LogP contribution in [0.25, 0.3) is 93.2 Å². The number of hydrogen-bond acceptors (Lipinski definition) is 10. The van der Waals surface area contributed by atoms with Gasteiger partial charge in [-0.25, -0.2) is 38.4 Å². The molecule has 17 nitrogen and oxygen atoms in total. The number of para-hydroxylation sites is 1. The van der Waals surface area contributed by atoms with Crippen LogP contribution in [0.5, 0.6) is 5.75 Å². The average molecular weight is 1710 g/mol. The van der Waals surface area contributed by atoms with Crippen LogP contribution in [0, 0.1) is 62.0 Å². The summed E-state index contributed by atoms with van der Waals surface area (Å²) < 4.78 is 5.28. The number of methoxy groups -OCH3 is 1. The standard InChI is InChI=1S/C20H16O2.C15H11NO2.C15H14O3.C15H14O2.C14H10Cl2O2.C13H11NO2.C12H10O2S/c1-14-7-8-18(13-19(14)20(21)22)17-11-9-16(10-12-17)15-5-3-2-4-6-15;1-10-3-4-12(9-14(10)15(17)18)11-5-7-13(16-2)8-6-11;1-10-7-8-11(9-13(10)15(16)17)12-5-3-4-6-14(12)18-2;1-10-3-6-12(7-4-10)13-8-5-11(2)14(9-13)15(16)17;1-8-2-3-9(6-12(8)14(17)18)11-5-4-10(15)7-13(11)16;1-9-4-5-10(7-12(9)13(15)16)11-3-2-6-14-8-11;1-8-4-5-9(7-10(8)12(13)14)11-3-2-6-15-11/h2-13H,1H3,(H,21,22);3-9H,1H3,(H,17,18);3-9H,1-2H3,(H,16,17);3-9H,1-2H3,(H,16,17);2-7H,1H3,(H,17,18);2-8H,1H3,(H,15,16);2-7H,1H3,(H,13,14). The predicted molar refractivity (Wildman–Crippen MR) is 494 cm³/mol. The zero-order valence-electron chi connectivity index (χ0n) is 69.0. The molecule has 2 aromatic heterocycles. The molecule has 0 saturated heterocycles. The summed E-state index contributed by atoms with van der Waals surface area (Å²) in [4.78, 5) is 86.0. The highest BCUT2D eigenvalue weighted by Gasteiger charge is 2.17. The lowest BCUT2D eigenvalue weighted by Crippen LogP contribution is -2.00. The number of aromatic nitrogens is 1. The van der Waals surface area contributed by atoms with Crippen molar-refractivity contribution < 1.29 is 74.0 Å². The molecule has 0 atom stereocenters. The molecule has 0 amide bonds. The first kappa shape index (κ1) is 92.7. The lowest BCUT2D eigenvalue weighted by atomic mass is 9.97. The largest absolute Gasteiger partial charge is 0.496 e. The molecule has 0 aliphatic carbocycles. The molecule has 0 aliphatic heterocycles. The van der Waals surface area contributed by atoms with Crippen LogP contribution in [0.1, 0.15) is 117 Å². The molecule has 0 fully saturated rings. The number of thiophene rings is 1. The van der Waals surface area contributed by atoms with Gasteiger partial charge in [0.1, 0.15) is 5.75 Å². The number of carboxylic acid groups (broad SMARTS) is 7. The van der Waals surface area contributed by atoms with Gasteiger partial charge in [0.05, 0.1) is 52.6 Å². The molecule has 7 N–H and O–H groups in total. The first-order chi connectivity index (χ1) is 59.3. The van der Waals surface area contributed by atoms with Gasteiger partial charge in [-0.3, -0.25) is 4.98 Å². The summed E-state index contributed by atoms with van der Waals surface area (Å²) in [6, 6.07) is 91.8. The predicted octanol–water partition coefficient (Wildman–Crippen LogP) is 26.8. The van der Waals surface area contributed by atoms with E-state index in [0.29, 0.717) is 49.1 Å². The van der Waals surface area contributed by atoms with Crippen molar-refractivity contribution in [1.29, 1.82) is 0 Å². The van der Waals surface area contributed by atoms with Gasteiger partial charge in [0.25, 0.3) is 0 Å². The van der Waals surface area contributed by atoms with E-state index in [0.717, 1.165) is 127 Å². The lowest BCUT2D eigenvalue weighted by Gasteiger charge is -2.10. The Bertz CT molecular complexity index is 6390. The van der Waals surface area contributed by atoms with E-state index in [2.05, 4.69) is 34.1 Å². The summed E-state index contributed by atoms with van der Waals surface area (Å²) >= 11 is 13.5. The van der Waals surface area contributed by atoms with Gasteiger partial charge in [0.2, 0.25) is 0 Å². The third-order valence-corrected chi connectivity index (χ3v) is 21.2. The van der Waals surface area contributed by atoms with Crippen LogP contribution in [0.2, 0.25) is 10.0 Å². The maximum Gasteiger partial charge on any atom is 0.335 e. The van der Waals surface area contributed by atoms with Gasteiger partial charge < -0.3 is 40.5 Å². The van der Waals surface area contributed by atoms with Crippen molar-refractivity contribution in [2.75, 3.05) is 7.11 Å². The van der Waals surface area contributed by atoms with E-state index in [4.69, 9.17) is 65.2 Å². The van der Waals surface area contributed by atoms with Crippen LogP contribution in [0.3, 0.4) is 0 Å². The smallest absolute Gasteiger partial charge is 0.335 e. The Kier molecular flexibility index (Phi) is 33.1. The Morgan fingerprint density at radius 2 is 0.629 bits per heavy atom. The number of carboxylic acids is 7. The Labute approximate surface area is 732 Å². The van der Waals surface area contributed by atoms with Crippen LogP contribution in [-0.4, -0.2) is 89.6 Å². The molecule has 20 heteroatoms. The van der Waals surface area contributed by atoms with Crippen molar-refractivity contribution in [2.24, 2.45) is 0 Å². The fraction of sp³-hybridized carbons (Fsp3) is 0.0865. The van der Waals surface area contributed by atoms with E-state index in [-0.39, 0.29) is 5.56 Å². The quantitative estimate of drug-likeness (QED) is 0.0443. The van der Waals surface area contributed by atoms with E-state index < -0.39 is 41.8 Å². The number of pyridine rings is 1. The highest BCUT2D eigenvalue weighted by Crippen LogP contribution is 2.35. The number of aromatic carboxylic acids is 7. The third kappa shape index (κ3) is 25.5. The zero-order valence-corrected chi connectivity index (χ0v) is 71.3. The van der Waals surface area contributed by atoms with Crippen molar-refractivity contribution in [3.05, 3.63) is 420 Å². The van der Waals surface area contributed by atoms with Gasteiger partial charge in [-0.2, -0.15) is 0 Å². The molecular formula is C104H86Cl2N2O15S. The summed E-state index contributed by atoms with van der Waals surface area (Å²) in [5.41, 5.74) is 23.4. The Morgan fingerprint density at radius 1 is 0.315 bits per heavy atom. The molecule has 0 bridgehead atoms. The molecular weight excluding hydrogens is 1620 g/mol. The van der Waals surface area contributed by atoms with Gasteiger partial charge in [0, 0.05) is 44.0 Å². The Balaban J connectivity index is 0.000000164. The first-order valence-electron chi connectivity index (χ1n) is 38.4. The summed E-state index contributed by atoms with van der Waals surface area (Å²) in [7, 11) is 1.60. The van der Waals surface area contributed by atoms with Gasteiger partial charge >= 0.3 is 41.8 Å². The molecule has 15 aromatic rings. The van der Waals surface area contributed by atoms with E-state index in [9.17, 15) is 38.7 Å². The van der Waals surface area contributed by atoms with Gasteiger partial charge in [-0.05, 0) is 239 Å². The van der Waals surface area contributed by atoms with Crippen LogP contribution in [0.4, 0.5) is 5.69 Å². The molecule has 0 saturated carbocycles. The molecule has 622 valence electrons. The number of rotatable bonds is 16. The van der Waals surface area contributed by atoms with E-state index in [1.165, 1.54) is 11.1 Å². The Morgan fingerprint density at radius 3 is 0.992 bits per heavy atom. The van der Waals surface area contributed by atoms with Crippen LogP contribution in [0.15, 0.2) is 315 Å². The van der Waals surface area contributed by atoms with Crippen molar-refractivity contribution in [1.82, 2.24) is 4.98 Å². The minimum atomic E-state index is -0.945. The minimum absolute atomic E-state index is 0.276. The summed E-state index contributed by atoms with van der Waals surface area (Å²) in [6.07, 6.45) is 3.41. The van der Waals surface area contributed by atoms with Crippen molar-refractivity contribution in [2.45, 2.75) is 55.4 Å². The van der Waals surface area contributed by atoms with Crippen LogP contribution < -0.4 is 4.74 Å². The van der Waals surface area contributed by atoms with E-state index >= 15 is 0 Å². The number of halogens is 2. The molecule has 15 rings (SSSR count). The number of hydrogen-bond donors (Lipinski definition) is 7. The number of nitrogens with zero attached hydrogens (tertiary/aromatic N) is 2. The highest BCUT2D eigenvalue weighted by molar-refractivity contribution is 7.13. The third-order valence-electron chi connectivity index (χ3n) is 19.8. The number of ether oxygens (including phenoxy) is 1. The second kappa shape index (κ2) is 44.2. The second-order valence-corrected chi connectivity index (χ2v) is 30.1. The monoisotopic (exact) mass is 1700 g/mol. The SMILES string of the molecule is COc1ccccc1-c1ccc(C)c(C(=O)O)c1.Cc1ccc(-c2ccc(-c3ccccc3)cc2)cc1C(=O)O.Cc1ccc(-c2ccc(C)c(C(=O)O)c2)cc1.Cc1ccc(-c2ccc(Cl)cc2Cl)cc1C(=O)O.Cc1ccc(-c2cccnc2)cc1C(=O)O.Cc1ccc(-c2cccs2)cc1C(=O)O.[C-]#[N+]c1ccc(-c2ccc(C)c(C(=O)O)c2)cc1.